The van der Waals surface area contributed by atoms with Crippen LogP contribution in [0.4, 0.5) is 0 Å². The summed E-state index contributed by atoms with van der Waals surface area (Å²) in [6, 6.07) is 17.9. The highest BCUT2D eigenvalue weighted by atomic mass is 14.8. The highest BCUT2D eigenvalue weighted by Gasteiger charge is 2.08. The summed E-state index contributed by atoms with van der Waals surface area (Å²) in [5.41, 5.74) is 10.8. The molecule has 3 rings (SSSR count). The first-order valence-corrected chi connectivity index (χ1v) is 7.32. The van der Waals surface area contributed by atoms with Gasteiger partial charge >= 0.3 is 0 Å². The number of hydrogen-bond donors (Lipinski definition) is 2. The highest BCUT2D eigenvalue weighted by molar-refractivity contribution is 5.71. The van der Waals surface area contributed by atoms with E-state index in [-0.39, 0.29) is 0 Å². The van der Waals surface area contributed by atoms with Gasteiger partial charge in [0.15, 0.2) is 0 Å². The van der Waals surface area contributed by atoms with E-state index >= 15 is 0 Å². The fourth-order valence-electron chi connectivity index (χ4n) is 2.37. The molecular formula is C19H16N4. The molecule has 3 N–H and O–H groups in total. The second kappa shape index (κ2) is 6.73. The Morgan fingerprint density at radius 3 is 2.65 bits per heavy atom. The summed E-state index contributed by atoms with van der Waals surface area (Å²) < 4.78 is 0. The fraction of sp³-hybridized carbons (Fsp3) is 0.0526. The van der Waals surface area contributed by atoms with Crippen molar-refractivity contribution in [1.29, 1.82) is 5.26 Å². The summed E-state index contributed by atoms with van der Waals surface area (Å²) >= 11 is 0. The molecule has 0 unspecified atom stereocenters. The zero-order valence-corrected chi connectivity index (χ0v) is 12.5. The molecule has 2 heterocycles. The number of nitrogens with one attached hydrogen (secondary N) is 1. The molecule has 3 aromatic rings. The summed E-state index contributed by atoms with van der Waals surface area (Å²) in [7, 11) is 0. The third-order valence-electron chi connectivity index (χ3n) is 3.56. The van der Waals surface area contributed by atoms with Crippen molar-refractivity contribution >= 4 is 12.2 Å². The lowest BCUT2D eigenvalue weighted by atomic mass is 10.1. The van der Waals surface area contributed by atoms with Gasteiger partial charge in [-0.2, -0.15) is 5.26 Å². The van der Waals surface area contributed by atoms with Crippen molar-refractivity contribution in [3.8, 4) is 17.3 Å². The van der Waals surface area contributed by atoms with Crippen molar-refractivity contribution in [3.63, 3.8) is 0 Å². The van der Waals surface area contributed by atoms with Gasteiger partial charge in [-0.15, -0.1) is 0 Å². The monoisotopic (exact) mass is 300 g/mol. The average Bonchev–Trinajstić information content (AvgIpc) is 3.04. The van der Waals surface area contributed by atoms with Gasteiger partial charge in [0, 0.05) is 29.7 Å². The Morgan fingerprint density at radius 2 is 1.96 bits per heavy atom. The van der Waals surface area contributed by atoms with E-state index in [1.165, 1.54) is 0 Å². The third kappa shape index (κ3) is 3.37. The SMILES string of the molecule is N#Cc1cc(-c2ccnc(C=Cc3ccccc3)c2)[nH]c1CN. The lowest BCUT2D eigenvalue weighted by molar-refractivity contribution is 1.01. The van der Waals surface area contributed by atoms with Gasteiger partial charge in [-0.1, -0.05) is 36.4 Å². The first-order chi connectivity index (χ1) is 11.3. The average molecular weight is 300 g/mol. The predicted molar refractivity (Wildman–Crippen MR) is 92.0 cm³/mol. The normalized spacial score (nSPS) is 10.8. The predicted octanol–water partition coefficient (Wildman–Crippen LogP) is 3.58. The van der Waals surface area contributed by atoms with E-state index < -0.39 is 0 Å². The van der Waals surface area contributed by atoms with Crippen LogP contribution >= 0.6 is 0 Å². The molecule has 0 spiro atoms. The number of aromatic amines is 1. The van der Waals surface area contributed by atoms with Crippen molar-refractivity contribution < 1.29 is 0 Å². The van der Waals surface area contributed by atoms with Crippen molar-refractivity contribution in [2.24, 2.45) is 5.73 Å². The summed E-state index contributed by atoms with van der Waals surface area (Å²) in [5, 5.41) is 9.13. The first-order valence-electron chi connectivity index (χ1n) is 7.32. The standard InChI is InChI=1S/C19H16N4/c20-12-16-11-18(23-19(16)13-21)15-8-9-22-17(10-15)7-6-14-4-2-1-3-5-14/h1-11,23H,13,21H2. The minimum absolute atomic E-state index is 0.314. The Bertz CT molecular complexity index is 870. The van der Waals surface area contributed by atoms with Crippen LogP contribution in [0.3, 0.4) is 0 Å². The van der Waals surface area contributed by atoms with Gasteiger partial charge in [0.05, 0.1) is 11.3 Å². The van der Waals surface area contributed by atoms with E-state index in [2.05, 4.69) is 16.0 Å². The number of nitrogens with two attached hydrogens (primary N) is 1. The fourth-order valence-corrected chi connectivity index (χ4v) is 2.37. The van der Waals surface area contributed by atoms with Crippen LogP contribution in [0.25, 0.3) is 23.4 Å². The quantitative estimate of drug-likeness (QED) is 0.773. The maximum absolute atomic E-state index is 9.13. The van der Waals surface area contributed by atoms with E-state index in [1.807, 2.05) is 60.7 Å². The van der Waals surface area contributed by atoms with Crippen LogP contribution in [0.1, 0.15) is 22.5 Å². The maximum Gasteiger partial charge on any atom is 0.101 e. The van der Waals surface area contributed by atoms with Gasteiger partial charge in [-0.25, -0.2) is 0 Å². The van der Waals surface area contributed by atoms with E-state index in [9.17, 15) is 0 Å². The van der Waals surface area contributed by atoms with Crippen molar-refractivity contribution in [2.75, 3.05) is 0 Å². The van der Waals surface area contributed by atoms with Crippen molar-refractivity contribution in [2.45, 2.75) is 6.54 Å². The first kappa shape index (κ1) is 14.8. The molecule has 4 nitrogen and oxygen atoms in total. The van der Waals surface area contributed by atoms with Gasteiger partial charge < -0.3 is 10.7 Å². The number of H-pyrrole nitrogens is 1. The lowest BCUT2D eigenvalue weighted by Crippen LogP contribution is -1.98. The Balaban J connectivity index is 1.90. The van der Waals surface area contributed by atoms with E-state index in [0.717, 1.165) is 28.2 Å². The van der Waals surface area contributed by atoms with Gasteiger partial charge in [0.2, 0.25) is 0 Å². The van der Waals surface area contributed by atoms with Crippen molar-refractivity contribution in [1.82, 2.24) is 9.97 Å². The molecule has 1 aromatic carbocycles. The van der Waals surface area contributed by atoms with E-state index in [1.54, 1.807) is 6.20 Å². The zero-order valence-electron chi connectivity index (χ0n) is 12.5. The Kier molecular flexibility index (Phi) is 4.32. The molecule has 2 aromatic heterocycles. The minimum Gasteiger partial charge on any atom is -0.356 e. The largest absolute Gasteiger partial charge is 0.356 e. The molecule has 4 heteroatoms. The molecule has 0 aliphatic heterocycles. The molecule has 0 aliphatic carbocycles. The van der Waals surface area contributed by atoms with Gasteiger partial charge in [-0.3, -0.25) is 4.98 Å². The highest BCUT2D eigenvalue weighted by Crippen LogP contribution is 2.22. The Labute approximate surface area is 134 Å². The molecule has 0 saturated heterocycles. The summed E-state index contributed by atoms with van der Waals surface area (Å²) in [5.74, 6) is 0. The topological polar surface area (TPSA) is 78.5 Å². The molecule has 112 valence electrons. The number of nitrogens with zero attached hydrogens (tertiary/aromatic N) is 2. The lowest BCUT2D eigenvalue weighted by Gasteiger charge is -2.00. The second-order valence-electron chi connectivity index (χ2n) is 5.10. The Morgan fingerprint density at radius 1 is 1.13 bits per heavy atom. The number of hydrogen-bond acceptors (Lipinski definition) is 3. The molecule has 0 fully saturated rings. The van der Waals surface area contributed by atoms with Crippen LogP contribution in [0.15, 0.2) is 54.7 Å². The number of rotatable bonds is 4. The van der Waals surface area contributed by atoms with Crippen LogP contribution in [-0.4, -0.2) is 9.97 Å². The molecule has 0 amide bonds. The van der Waals surface area contributed by atoms with Gasteiger partial charge in [0.1, 0.15) is 6.07 Å². The van der Waals surface area contributed by atoms with Crippen molar-refractivity contribution in [3.05, 3.63) is 77.2 Å². The van der Waals surface area contributed by atoms with Crippen LogP contribution in [0.5, 0.6) is 0 Å². The van der Waals surface area contributed by atoms with Crippen LogP contribution in [0.2, 0.25) is 0 Å². The molecule has 0 aliphatic rings. The van der Waals surface area contributed by atoms with Gasteiger partial charge in [-0.05, 0) is 29.8 Å². The molecule has 0 atom stereocenters. The van der Waals surface area contributed by atoms with Gasteiger partial charge in [0.25, 0.3) is 0 Å². The third-order valence-corrected chi connectivity index (χ3v) is 3.56. The summed E-state index contributed by atoms with van der Waals surface area (Å²) in [6.07, 6.45) is 5.75. The number of aromatic nitrogens is 2. The number of benzene rings is 1. The van der Waals surface area contributed by atoms with Crippen LogP contribution in [-0.2, 0) is 6.54 Å². The van der Waals surface area contributed by atoms with E-state index in [4.69, 9.17) is 11.0 Å². The smallest absolute Gasteiger partial charge is 0.101 e. The Hall–Kier alpha value is -3.16. The molecular weight excluding hydrogens is 284 g/mol. The van der Waals surface area contributed by atoms with Crippen LogP contribution < -0.4 is 5.73 Å². The summed E-state index contributed by atoms with van der Waals surface area (Å²) in [4.78, 5) is 7.56. The number of nitriles is 1. The zero-order chi connectivity index (χ0) is 16.1. The minimum atomic E-state index is 0.314. The molecule has 0 radical (unpaired) electrons. The molecule has 0 saturated carbocycles. The summed E-state index contributed by atoms with van der Waals surface area (Å²) in [6.45, 7) is 0.314. The second-order valence-corrected chi connectivity index (χ2v) is 5.10. The molecule has 23 heavy (non-hydrogen) atoms. The number of pyridine rings is 1. The van der Waals surface area contributed by atoms with E-state index in [0.29, 0.717) is 12.1 Å². The maximum atomic E-state index is 9.13. The molecule has 0 bridgehead atoms. The van der Waals surface area contributed by atoms with Crippen LogP contribution in [0, 0.1) is 11.3 Å².